The highest BCUT2D eigenvalue weighted by Gasteiger charge is 2.14. The van der Waals surface area contributed by atoms with Gasteiger partial charge in [0.25, 0.3) is 0 Å². The fourth-order valence-electron chi connectivity index (χ4n) is 2.23. The molecule has 1 amide bonds. The van der Waals surface area contributed by atoms with Gasteiger partial charge in [0, 0.05) is 36.3 Å². The highest BCUT2D eigenvalue weighted by Crippen LogP contribution is 2.33. The first kappa shape index (κ1) is 35.0. The van der Waals surface area contributed by atoms with Gasteiger partial charge in [0.15, 0.2) is 0 Å². The SMILES string of the molecule is CC.CCC.CCC.CCNC(=O)CC(C)(C)C.CNc1ccc(C2=C(C)NCS2)cc1. The highest BCUT2D eigenvalue weighted by atomic mass is 32.2. The molecule has 0 fully saturated rings. The van der Waals surface area contributed by atoms with E-state index in [0.717, 1.165) is 18.1 Å². The normalized spacial score (nSPS) is 11.6. The van der Waals surface area contributed by atoms with Crippen LogP contribution < -0.4 is 16.0 Å². The number of hydrogen-bond acceptors (Lipinski definition) is 4. The number of carbonyl (C=O) groups is 1. The van der Waals surface area contributed by atoms with Gasteiger partial charge in [-0.3, -0.25) is 4.79 Å². The van der Waals surface area contributed by atoms with Gasteiger partial charge >= 0.3 is 0 Å². The second kappa shape index (κ2) is 22.6. The smallest absolute Gasteiger partial charge is 0.220 e. The molecule has 0 atom stereocenters. The van der Waals surface area contributed by atoms with Crippen LogP contribution in [0.15, 0.2) is 30.0 Å². The Morgan fingerprint density at radius 3 is 1.78 bits per heavy atom. The molecule has 3 N–H and O–H groups in total. The molecule has 1 heterocycles. The maximum Gasteiger partial charge on any atom is 0.220 e. The van der Waals surface area contributed by atoms with Crippen LogP contribution in [0.4, 0.5) is 5.69 Å². The average Bonchev–Trinajstić information content (AvgIpc) is 3.16. The van der Waals surface area contributed by atoms with Crippen LogP contribution in [0.5, 0.6) is 0 Å². The fourth-order valence-corrected chi connectivity index (χ4v) is 3.26. The Kier molecular flexibility index (Phi) is 24.7. The van der Waals surface area contributed by atoms with Crippen molar-refractivity contribution in [2.45, 2.75) is 95.4 Å². The number of anilines is 1. The van der Waals surface area contributed by atoms with E-state index in [4.69, 9.17) is 0 Å². The number of rotatable bonds is 4. The van der Waals surface area contributed by atoms with Crippen LogP contribution in [-0.2, 0) is 4.79 Å². The van der Waals surface area contributed by atoms with Gasteiger partial charge in [0.2, 0.25) is 5.91 Å². The molecular weight excluding hydrogens is 414 g/mol. The molecule has 1 aromatic carbocycles. The van der Waals surface area contributed by atoms with Gasteiger partial charge in [0.05, 0.1) is 5.88 Å². The van der Waals surface area contributed by atoms with Crippen molar-refractivity contribution in [1.82, 2.24) is 10.6 Å². The minimum absolute atomic E-state index is 0.110. The molecule has 2 rings (SSSR count). The number of thioether (sulfide) groups is 1. The van der Waals surface area contributed by atoms with Gasteiger partial charge in [-0.2, -0.15) is 0 Å². The number of hydrogen-bond donors (Lipinski definition) is 3. The van der Waals surface area contributed by atoms with Crippen LogP contribution >= 0.6 is 11.8 Å². The Morgan fingerprint density at radius 2 is 1.47 bits per heavy atom. The van der Waals surface area contributed by atoms with E-state index in [1.165, 1.54) is 29.0 Å². The molecule has 0 spiro atoms. The molecule has 0 saturated heterocycles. The lowest BCUT2D eigenvalue weighted by atomic mass is 9.92. The van der Waals surface area contributed by atoms with Crippen molar-refractivity contribution in [3.63, 3.8) is 0 Å². The van der Waals surface area contributed by atoms with Gasteiger partial charge in [-0.25, -0.2) is 0 Å². The summed E-state index contributed by atoms with van der Waals surface area (Å²) in [6.45, 7) is 23.5. The van der Waals surface area contributed by atoms with Crippen LogP contribution in [0.2, 0.25) is 0 Å². The van der Waals surface area contributed by atoms with E-state index in [1.54, 1.807) is 0 Å². The minimum atomic E-state index is 0.110. The summed E-state index contributed by atoms with van der Waals surface area (Å²) in [5.41, 5.74) is 3.85. The zero-order valence-corrected chi connectivity index (χ0v) is 24.0. The van der Waals surface area contributed by atoms with Crippen molar-refractivity contribution >= 4 is 28.3 Å². The van der Waals surface area contributed by atoms with Crippen LogP contribution in [0.25, 0.3) is 4.91 Å². The standard InChI is InChI=1S/C11H14N2S.C8H17NO.2C3H8.C2H6/c1-8-11(14-7-13-8)9-3-5-10(12-2)6-4-9;1-5-9-7(10)6-8(2,3)4;2*1-3-2;1-2/h3-6,12-13H,7H2,1-2H3;5-6H2,1-4H3,(H,9,10);2*3H2,1-2H3;1-2H3. The maximum atomic E-state index is 10.9. The quantitative estimate of drug-likeness (QED) is 0.418. The summed E-state index contributed by atoms with van der Waals surface area (Å²) in [5.74, 6) is 1.14. The Bertz CT molecular complexity index is 588. The number of benzene rings is 1. The van der Waals surface area contributed by atoms with Crippen molar-refractivity contribution in [2.24, 2.45) is 5.41 Å². The van der Waals surface area contributed by atoms with Crippen molar-refractivity contribution in [2.75, 3.05) is 24.8 Å². The Hall–Kier alpha value is -1.62. The second-order valence-electron chi connectivity index (χ2n) is 8.35. The number of allylic oxidation sites excluding steroid dienone is 1. The third kappa shape index (κ3) is 20.3. The molecule has 0 bridgehead atoms. The molecule has 32 heavy (non-hydrogen) atoms. The lowest BCUT2D eigenvalue weighted by Gasteiger charge is -2.16. The van der Waals surface area contributed by atoms with E-state index in [0.29, 0.717) is 6.42 Å². The monoisotopic (exact) mass is 467 g/mol. The number of carbonyl (C=O) groups excluding carboxylic acids is 1. The van der Waals surface area contributed by atoms with E-state index >= 15 is 0 Å². The molecule has 0 unspecified atom stereocenters. The van der Waals surface area contributed by atoms with Gasteiger partial charge in [0.1, 0.15) is 0 Å². The molecule has 0 saturated carbocycles. The minimum Gasteiger partial charge on any atom is -0.388 e. The van der Waals surface area contributed by atoms with E-state index < -0.39 is 0 Å². The van der Waals surface area contributed by atoms with Gasteiger partial charge in [-0.1, -0.05) is 87.3 Å². The molecule has 1 aliphatic heterocycles. The van der Waals surface area contributed by atoms with Gasteiger partial charge in [-0.15, -0.1) is 11.8 Å². The van der Waals surface area contributed by atoms with Crippen LogP contribution in [0, 0.1) is 5.41 Å². The largest absolute Gasteiger partial charge is 0.388 e. The molecular formula is C27H53N3OS. The van der Waals surface area contributed by atoms with Crippen molar-refractivity contribution in [3.05, 3.63) is 35.5 Å². The second-order valence-corrected chi connectivity index (χ2v) is 9.34. The lowest BCUT2D eigenvalue weighted by molar-refractivity contribution is -0.122. The molecule has 188 valence electrons. The molecule has 1 aromatic rings. The summed E-state index contributed by atoms with van der Waals surface area (Å²) in [7, 11) is 1.94. The predicted molar refractivity (Wildman–Crippen MR) is 150 cm³/mol. The molecule has 1 aliphatic rings. The fraction of sp³-hybridized carbons (Fsp3) is 0.667. The van der Waals surface area contributed by atoms with E-state index in [-0.39, 0.29) is 11.3 Å². The Balaban J connectivity index is -0.000000410. The van der Waals surface area contributed by atoms with Gasteiger partial charge < -0.3 is 16.0 Å². The average molecular weight is 468 g/mol. The predicted octanol–water partition coefficient (Wildman–Crippen LogP) is 8.13. The Morgan fingerprint density at radius 1 is 1.00 bits per heavy atom. The van der Waals surface area contributed by atoms with Crippen molar-refractivity contribution < 1.29 is 4.79 Å². The molecule has 0 aliphatic carbocycles. The summed E-state index contributed by atoms with van der Waals surface area (Å²) in [6, 6.07) is 8.53. The topological polar surface area (TPSA) is 53.2 Å². The van der Waals surface area contributed by atoms with Crippen LogP contribution in [0.1, 0.15) is 101 Å². The van der Waals surface area contributed by atoms with Crippen LogP contribution in [-0.4, -0.2) is 25.4 Å². The van der Waals surface area contributed by atoms with Crippen molar-refractivity contribution in [3.8, 4) is 0 Å². The summed E-state index contributed by atoms with van der Waals surface area (Å²) in [4.78, 5) is 12.3. The van der Waals surface area contributed by atoms with E-state index in [2.05, 4.69) is 95.6 Å². The van der Waals surface area contributed by atoms with E-state index in [1.807, 2.05) is 39.6 Å². The Labute approximate surface area is 204 Å². The van der Waals surface area contributed by atoms with Gasteiger partial charge in [-0.05, 0) is 37.0 Å². The summed E-state index contributed by atoms with van der Waals surface area (Å²) in [6.07, 6.45) is 3.11. The number of amides is 1. The first-order chi connectivity index (χ1) is 15.1. The number of nitrogens with one attached hydrogen (secondary N) is 3. The zero-order valence-electron chi connectivity index (χ0n) is 23.2. The maximum absolute atomic E-state index is 10.9. The summed E-state index contributed by atoms with van der Waals surface area (Å²) in [5, 5.41) is 9.20. The molecule has 5 heteroatoms. The molecule has 0 radical (unpaired) electrons. The lowest BCUT2D eigenvalue weighted by Crippen LogP contribution is -2.27. The zero-order chi connectivity index (χ0) is 25.6. The van der Waals surface area contributed by atoms with Crippen molar-refractivity contribution in [1.29, 1.82) is 0 Å². The third-order valence-electron chi connectivity index (χ3n) is 3.40. The first-order valence-electron chi connectivity index (χ1n) is 12.2. The van der Waals surface area contributed by atoms with Crippen LogP contribution in [0.3, 0.4) is 0 Å². The molecule has 0 aromatic heterocycles. The summed E-state index contributed by atoms with van der Waals surface area (Å²) < 4.78 is 0. The van der Waals surface area contributed by atoms with E-state index in [9.17, 15) is 4.79 Å². The highest BCUT2D eigenvalue weighted by molar-refractivity contribution is 8.08. The summed E-state index contributed by atoms with van der Waals surface area (Å²) >= 11 is 1.87. The third-order valence-corrected chi connectivity index (χ3v) is 4.51. The molecule has 4 nitrogen and oxygen atoms in total. The first-order valence-corrected chi connectivity index (χ1v) is 13.2.